The molecule has 110 valence electrons. The van der Waals surface area contributed by atoms with Crippen LogP contribution < -0.4 is 5.73 Å². The first kappa shape index (κ1) is 13.9. The molecule has 0 bridgehead atoms. The zero-order chi connectivity index (χ0) is 14.7. The number of nitrogens with zero attached hydrogens (tertiary/aromatic N) is 2. The molecule has 1 aliphatic heterocycles. The molecule has 3 N–H and O–H groups in total. The predicted molar refractivity (Wildman–Crippen MR) is 85.4 cm³/mol. The average molecular weight is 283 g/mol. The molecule has 1 aliphatic rings. The smallest absolute Gasteiger partial charge is 0.142 e. The fraction of sp³-hybridized carbons (Fsp3) is 0.353. The van der Waals surface area contributed by atoms with Gasteiger partial charge in [0.15, 0.2) is 0 Å². The molecular formula is C17H21N3O. The van der Waals surface area contributed by atoms with Crippen molar-refractivity contribution in [3.05, 3.63) is 48.0 Å². The first-order valence-electron chi connectivity index (χ1n) is 7.44. The van der Waals surface area contributed by atoms with E-state index in [1.165, 1.54) is 16.3 Å². The molecule has 0 unspecified atom stereocenters. The molecule has 0 radical (unpaired) electrons. The third-order valence-electron chi connectivity index (χ3n) is 4.40. The highest BCUT2D eigenvalue weighted by Gasteiger charge is 2.22. The van der Waals surface area contributed by atoms with Crippen LogP contribution in [0.3, 0.4) is 0 Å². The zero-order valence-electron chi connectivity index (χ0n) is 12.1. The van der Waals surface area contributed by atoms with Gasteiger partial charge in [-0.05, 0) is 42.3 Å². The van der Waals surface area contributed by atoms with Gasteiger partial charge in [0.25, 0.3) is 0 Å². The molecule has 4 nitrogen and oxygen atoms in total. The summed E-state index contributed by atoms with van der Waals surface area (Å²) in [5, 5.41) is 14.5. The third-order valence-corrected chi connectivity index (χ3v) is 4.40. The lowest BCUT2D eigenvalue weighted by atomic mass is 9.95. The number of fused-ring (bicyclic) bond motifs is 1. The van der Waals surface area contributed by atoms with E-state index in [4.69, 9.17) is 10.9 Å². The molecule has 2 aromatic carbocycles. The van der Waals surface area contributed by atoms with E-state index in [0.29, 0.717) is 5.84 Å². The van der Waals surface area contributed by atoms with Crippen LogP contribution in [-0.2, 0) is 6.54 Å². The minimum Gasteiger partial charge on any atom is -0.409 e. The van der Waals surface area contributed by atoms with E-state index in [1.807, 2.05) is 0 Å². The van der Waals surface area contributed by atoms with Crippen molar-refractivity contribution < 1.29 is 5.21 Å². The maximum Gasteiger partial charge on any atom is 0.142 e. The summed E-state index contributed by atoms with van der Waals surface area (Å²) in [7, 11) is 0. The molecule has 0 saturated carbocycles. The number of hydrogen-bond donors (Lipinski definition) is 2. The number of oxime groups is 1. The van der Waals surface area contributed by atoms with Crippen LogP contribution in [0.4, 0.5) is 0 Å². The van der Waals surface area contributed by atoms with E-state index in [1.54, 1.807) is 0 Å². The van der Waals surface area contributed by atoms with E-state index < -0.39 is 0 Å². The van der Waals surface area contributed by atoms with Crippen LogP contribution >= 0.6 is 0 Å². The van der Waals surface area contributed by atoms with Crippen LogP contribution in [0.25, 0.3) is 10.8 Å². The van der Waals surface area contributed by atoms with Gasteiger partial charge in [-0.25, -0.2) is 0 Å². The Kier molecular flexibility index (Phi) is 4.06. The highest BCUT2D eigenvalue weighted by atomic mass is 16.4. The molecule has 0 aliphatic carbocycles. The van der Waals surface area contributed by atoms with Gasteiger partial charge < -0.3 is 10.9 Å². The van der Waals surface area contributed by atoms with Gasteiger partial charge in [-0.1, -0.05) is 47.6 Å². The van der Waals surface area contributed by atoms with Crippen molar-refractivity contribution in [1.29, 1.82) is 0 Å². The molecule has 3 rings (SSSR count). The molecule has 4 heteroatoms. The summed E-state index contributed by atoms with van der Waals surface area (Å²) in [6.07, 6.45) is 1.92. The van der Waals surface area contributed by atoms with E-state index in [0.717, 1.165) is 32.5 Å². The lowest BCUT2D eigenvalue weighted by molar-refractivity contribution is 0.199. The standard InChI is InChI=1S/C17H21N3O/c18-17(19-21)14-8-10-20(11-9-14)12-15-6-3-5-13-4-1-2-7-16(13)15/h1-7,14,21H,8-12H2,(H2,18,19). The summed E-state index contributed by atoms with van der Waals surface area (Å²) in [4.78, 5) is 2.45. The van der Waals surface area contributed by atoms with Crippen molar-refractivity contribution in [2.45, 2.75) is 19.4 Å². The Morgan fingerprint density at radius 3 is 2.62 bits per heavy atom. The summed E-state index contributed by atoms with van der Waals surface area (Å²) >= 11 is 0. The van der Waals surface area contributed by atoms with Crippen LogP contribution in [-0.4, -0.2) is 29.0 Å². The lowest BCUT2D eigenvalue weighted by Crippen LogP contribution is -2.38. The topological polar surface area (TPSA) is 61.9 Å². The zero-order valence-corrected chi connectivity index (χ0v) is 12.1. The van der Waals surface area contributed by atoms with Gasteiger partial charge >= 0.3 is 0 Å². The predicted octanol–water partition coefficient (Wildman–Crippen LogP) is 2.80. The number of amidine groups is 1. The van der Waals surface area contributed by atoms with Crippen molar-refractivity contribution >= 4 is 16.6 Å². The third kappa shape index (κ3) is 3.00. The van der Waals surface area contributed by atoms with Crippen molar-refractivity contribution in [3.8, 4) is 0 Å². The normalized spacial score (nSPS) is 18.2. The van der Waals surface area contributed by atoms with Gasteiger partial charge in [0.2, 0.25) is 0 Å². The molecule has 0 aromatic heterocycles. The Balaban J connectivity index is 1.70. The summed E-state index contributed by atoms with van der Waals surface area (Å²) in [6.45, 7) is 2.94. The fourth-order valence-electron chi connectivity index (χ4n) is 3.14. The summed E-state index contributed by atoms with van der Waals surface area (Å²) in [5.74, 6) is 0.596. The number of piperidine rings is 1. The van der Waals surface area contributed by atoms with Gasteiger partial charge in [-0.2, -0.15) is 0 Å². The molecule has 0 spiro atoms. The Morgan fingerprint density at radius 1 is 1.14 bits per heavy atom. The van der Waals surface area contributed by atoms with Crippen molar-refractivity contribution in [2.75, 3.05) is 13.1 Å². The molecule has 0 atom stereocenters. The number of hydrogen-bond acceptors (Lipinski definition) is 3. The van der Waals surface area contributed by atoms with Gasteiger partial charge in [0, 0.05) is 12.5 Å². The molecule has 21 heavy (non-hydrogen) atoms. The van der Waals surface area contributed by atoms with Crippen LogP contribution in [0.2, 0.25) is 0 Å². The second-order valence-corrected chi connectivity index (χ2v) is 5.71. The minimum atomic E-state index is 0.221. The quantitative estimate of drug-likeness (QED) is 0.394. The van der Waals surface area contributed by atoms with Gasteiger partial charge in [-0.3, -0.25) is 4.90 Å². The van der Waals surface area contributed by atoms with Crippen LogP contribution in [0, 0.1) is 5.92 Å². The molecule has 1 saturated heterocycles. The molecule has 0 amide bonds. The van der Waals surface area contributed by atoms with E-state index in [9.17, 15) is 0 Å². The average Bonchev–Trinajstić information content (AvgIpc) is 2.55. The first-order chi connectivity index (χ1) is 10.3. The van der Waals surface area contributed by atoms with Crippen molar-refractivity contribution in [2.24, 2.45) is 16.8 Å². The first-order valence-corrected chi connectivity index (χ1v) is 7.44. The summed E-state index contributed by atoms with van der Waals surface area (Å²) < 4.78 is 0. The van der Waals surface area contributed by atoms with E-state index in [2.05, 4.69) is 52.5 Å². The molecule has 1 fully saturated rings. The van der Waals surface area contributed by atoms with Gasteiger partial charge in [-0.15, -0.1) is 0 Å². The van der Waals surface area contributed by atoms with Gasteiger partial charge in [0.05, 0.1) is 0 Å². The molecular weight excluding hydrogens is 262 g/mol. The molecule has 2 aromatic rings. The SMILES string of the molecule is NC(=NO)C1CCN(Cc2cccc3ccccc23)CC1. The minimum absolute atomic E-state index is 0.221. The maximum absolute atomic E-state index is 8.76. The number of nitrogens with two attached hydrogens (primary N) is 1. The summed E-state index contributed by atoms with van der Waals surface area (Å²) in [6, 6.07) is 15.0. The maximum atomic E-state index is 8.76. The highest BCUT2D eigenvalue weighted by molar-refractivity contribution is 5.85. The van der Waals surface area contributed by atoms with Crippen LogP contribution in [0.15, 0.2) is 47.6 Å². The highest BCUT2D eigenvalue weighted by Crippen LogP contribution is 2.23. The Morgan fingerprint density at radius 2 is 1.86 bits per heavy atom. The van der Waals surface area contributed by atoms with Crippen LogP contribution in [0.5, 0.6) is 0 Å². The second kappa shape index (κ2) is 6.14. The van der Waals surface area contributed by atoms with E-state index >= 15 is 0 Å². The van der Waals surface area contributed by atoms with Crippen molar-refractivity contribution in [1.82, 2.24) is 4.90 Å². The fourth-order valence-corrected chi connectivity index (χ4v) is 3.14. The van der Waals surface area contributed by atoms with E-state index in [-0.39, 0.29) is 5.92 Å². The largest absolute Gasteiger partial charge is 0.409 e. The van der Waals surface area contributed by atoms with Gasteiger partial charge in [0.1, 0.15) is 5.84 Å². The Hall–Kier alpha value is -2.07. The number of rotatable bonds is 3. The number of likely N-dealkylation sites (tertiary alicyclic amines) is 1. The lowest BCUT2D eigenvalue weighted by Gasteiger charge is -2.31. The van der Waals surface area contributed by atoms with Crippen LogP contribution in [0.1, 0.15) is 18.4 Å². The second-order valence-electron chi connectivity index (χ2n) is 5.71. The Bertz CT molecular complexity index is 640. The monoisotopic (exact) mass is 283 g/mol. The number of benzene rings is 2. The van der Waals surface area contributed by atoms with Crippen molar-refractivity contribution in [3.63, 3.8) is 0 Å². The summed E-state index contributed by atoms with van der Waals surface area (Å²) in [5.41, 5.74) is 7.07. The Labute approximate surface area is 124 Å². The molecule has 1 heterocycles.